The molecule has 3 aliphatic rings. The summed E-state index contributed by atoms with van der Waals surface area (Å²) < 4.78 is 0. The van der Waals surface area contributed by atoms with Gasteiger partial charge in [-0.3, -0.25) is 0 Å². The van der Waals surface area contributed by atoms with Crippen LogP contribution >= 0.6 is 0 Å². The Hall–Kier alpha value is -0.0800. The average Bonchev–Trinajstić information content (AvgIpc) is 3.14. The molecule has 3 fully saturated rings. The summed E-state index contributed by atoms with van der Waals surface area (Å²) in [6.45, 7) is 10.1. The third-order valence-electron chi connectivity index (χ3n) is 4.24. The molecule has 0 bridgehead atoms. The Bertz CT molecular complexity index is 211. The van der Waals surface area contributed by atoms with Crippen LogP contribution in [0.25, 0.3) is 0 Å². The second kappa shape index (κ2) is 4.42. The van der Waals surface area contributed by atoms with Gasteiger partial charge in [-0.05, 0) is 44.2 Å². The van der Waals surface area contributed by atoms with E-state index in [-0.39, 0.29) is 0 Å². The Labute approximate surface area is 94.4 Å². The highest BCUT2D eigenvalue weighted by Crippen LogP contribution is 2.66. The van der Waals surface area contributed by atoms with Crippen molar-refractivity contribution in [3.8, 4) is 0 Å². The van der Waals surface area contributed by atoms with Crippen LogP contribution in [0.5, 0.6) is 0 Å². The molecular formula is C13H26N2. The standard InChI is InChI=1S/C11H20N2.C2H6/c1-2-13-6-3-9(8-13)12-10-7-11(10)4-5-11;1-2/h9-10,12H,2-8H2,1H3;1-2H3. The van der Waals surface area contributed by atoms with Gasteiger partial charge in [-0.15, -0.1) is 0 Å². The van der Waals surface area contributed by atoms with Crippen molar-refractivity contribution in [2.24, 2.45) is 5.41 Å². The smallest absolute Gasteiger partial charge is 0.0210 e. The van der Waals surface area contributed by atoms with Crippen molar-refractivity contribution in [2.45, 2.75) is 58.5 Å². The van der Waals surface area contributed by atoms with Gasteiger partial charge in [-0.2, -0.15) is 0 Å². The van der Waals surface area contributed by atoms with Gasteiger partial charge in [0.2, 0.25) is 0 Å². The highest BCUT2D eigenvalue weighted by atomic mass is 15.2. The maximum atomic E-state index is 3.83. The summed E-state index contributed by atoms with van der Waals surface area (Å²) >= 11 is 0. The summed E-state index contributed by atoms with van der Waals surface area (Å²) in [5.74, 6) is 0. The first kappa shape index (κ1) is 11.4. The van der Waals surface area contributed by atoms with Crippen LogP contribution in [-0.2, 0) is 0 Å². The molecule has 1 heterocycles. The lowest BCUT2D eigenvalue weighted by atomic mass is 10.2. The van der Waals surface area contributed by atoms with Crippen LogP contribution in [0, 0.1) is 5.41 Å². The van der Waals surface area contributed by atoms with Crippen LogP contribution in [0.2, 0.25) is 0 Å². The first-order valence-corrected chi connectivity index (χ1v) is 6.81. The van der Waals surface area contributed by atoms with E-state index >= 15 is 0 Å². The van der Waals surface area contributed by atoms with Gasteiger partial charge < -0.3 is 10.2 Å². The molecule has 0 radical (unpaired) electrons. The second-order valence-corrected chi connectivity index (χ2v) is 5.16. The molecule has 88 valence electrons. The lowest BCUT2D eigenvalue weighted by Crippen LogP contribution is -2.34. The van der Waals surface area contributed by atoms with Crippen LogP contribution in [0.15, 0.2) is 0 Å². The van der Waals surface area contributed by atoms with Crippen LogP contribution in [0.4, 0.5) is 0 Å². The van der Waals surface area contributed by atoms with Gasteiger partial charge in [0.1, 0.15) is 0 Å². The zero-order chi connectivity index (χ0) is 10.9. The van der Waals surface area contributed by atoms with E-state index in [0.29, 0.717) is 0 Å². The zero-order valence-corrected chi connectivity index (χ0v) is 10.6. The van der Waals surface area contributed by atoms with E-state index in [9.17, 15) is 0 Å². The van der Waals surface area contributed by atoms with E-state index in [2.05, 4.69) is 17.1 Å². The summed E-state index contributed by atoms with van der Waals surface area (Å²) in [6.07, 6.45) is 5.87. The van der Waals surface area contributed by atoms with Gasteiger partial charge in [0.15, 0.2) is 0 Å². The van der Waals surface area contributed by atoms with Crippen molar-refractivity contribution in [2.75, 3.05) is 19.6 Å². The Balaban J connectivity index is 0.000000404. The molecule has 0 aromatic heterocycles. The first-order valence-electron chi connectivity index (χ1n) is 6.81. The Morgan fingerprint density at radius 1 is 1.33 bits per heavy atom. The molecule has 15 heavy (non-hydrogen) atoms. The Kier molecular flexibility index (Phi) is 3.36. The third-order valence-corrected chi connectivity index (χ3v) is 4.24. The number of likely N-dealkylation sites (N-methyl/N-ethyl adjacent to an activating group) is 1. The van der Waals surface area contributed by atoms with Crippen LogP contribution < -0.4 is 5.32 Å². The zero-order valence-electron chi connectivity index (χ0n) is 10.6. The predicted molar refractivity (Wildman–Crippen MR) is 65.1 cm³/mol. The van der Waals surface area contributed by atoms with Crippen molar-refractivity contribution in [3.63, 3.8) is 0 Å². The summed E-state index contributed by atoms with van der Waals surface area (Å²) in [6, 6.07) is 1.72. The number of likely N-dealkylation sites (tertiary alicyclic amines) is 1. The first-order chi connectivity index (χ1) is 7.32. The summed E-state index contributed by atoms with van der Waals surface area (Å²) in [5, 5.41) is 3.83. The molecule has 3 rings (SSSR count). The van der Waals surface area contributed by atoms with Gasteiger partial charge in [0.25, 0.3) is 0 Å². The second-order valence-electron chi connectivity index (χ2n) is 5.16. The summed E-state index contributed by atoms with van der Waals surface area (Å²) in [7, 11) is 0. The van der Waals surface area contributed by atoms with Crippen molar-refractivity contribution in [1.82, 2.24) is 10.2 Å². The number of nitrogens with zero attached hydrogens (tertiary/aromatic N) is 1. The SMILES string of the molecule is CC.CCN1CCC(NC2CC23CC3)C1. The minimum atomic E-state index is 0.810. The van der Waals surface area contributed by atoms with E-state index in [4.69, 9.17) is 0 Å². The van der Waals surface area contributed by atoms with Crippen LogP contribution in [0.1, 0.15) is 46.5 Å². The molecule has 1 N–H and O–H groups in total. The van der Waals surface area contributed by atoms with E-state index in [1.165, 1.54) is 45.3 Å². The molecule has 0 aromatic rings. The molecular weight excluding hydrogens is 184 g/mol. The van der Waals surface area contributed by atoms with Crippen molar-refractivity contribution in [3.05, 3.63) is 0 Å². The molecule has 2 nitrogen and oxygen atoms in total. The largest absolute Gasteiger partial charge is 0.309 e. The molecule has 1 aliphatic heterocycles. The van der Waals surface area contributed by atoms with Gasteiger partial charge in [-0.1, -0.05) is 20.8 Å². The number of hydrogen-bond acceptors (Lipinski definition) is 2. The fourth-order valence-corrected chi connectivity index (χ4v) is 2.84. The lowest BCUT2D eigenvalue weighted by molar-refractivity contribution is 0.344. The molecule has 0 amide bonds. The normalized spacial score (nSPS) is 36.2. The average molecular weight is 210 g/mol. The van der Waals surface area contributed by atoms with Gasteiger partial charge in [0, 0.05) is 18.6 Å². The predicted octanol–water partition coefficient (Wildman–Crippen LogP) is 2.25. The fourth-order valence-electron chi connectivity index (χ4n) is 2.84. The topological polar surface area (TPSA) is 15.3 Å². The molecule has 1 spiro atoms. The minimum absolute atomic E-state index is 0.810. The molecule has 2 unspecified atom stereocenters. The van der Waals surface area contributed by atoms with Crippen molar-refractivity contribution < 1.29 is 0 Å². The lowest BCUT2D eigenvalue weighted by Gasteiger charge is -2.14. The van der Waals surface area contributed by atoms with Gasteiger partial charge >= 0.3 is 0 Å². The van der Waals surface area contributed by atoms with E-state index in [1.807, 2.05) is 13.8 Å². The number of nitrogens with one attached hydrogen (secondary N) is 1. The maximum Gasteiger partial charge on any atom is 0.0210 e. The number of rotatable bonds is 3. The fraction of sp³-hybridized carbons (Fsp3) is 1.00. The molecule has 2 aliphatic carbocycles. The molecule has 1 saturated heterocycles. The molecule has 2 heteroatoms. The maximum absolute atomic E-state index is 3.83. The van der Waals surface area contributed by atoms with Crippen molar-refractivity contribution >= 4 is 0 Å². The molecule has 2 saturated carbocycles. The van der Waals surface area contributed by atoms with Gasteiger partial charge in [0.05, 0.1) is 0 Å². The molecule has 0 aromatic carbocycles. The highest BCUT2D eigenvalue weighted by molar-refractivity contribution is 5.17. The van der Waals surface area contributed by atoms with Gasteiger partial charge in [-0.25, -0.2) is 0 Å². The van der Waals surface area contributed by atoms with E-state index < -0.39 is 0 Å². The number of hydrogen-bond donors (Lipinski definition) is 1. The summed E-state index contributed by atoms with van der Waals surface area (Å²) in [5.41, 5.74) is 0.833. The van der Waals surface area contributed by atoms with Crippen LogP contribution in [0.3, 0.4) is 0 Å². The van der Waals surface area contributed by atoms with E-state index in [0.717, 1.165) is 17.5 Å². The Morgan fingerprint density at radius 3 is 2.53 bits per heavy atom. The molecule has 2 atom stereocenters. The van der Waals surface area contributed by atoms with Crippen molar-refractivity contribution in [1.29, 1.82) is 0 Å². The highest BCUT2D eigenvalue weighted by Gasteiger charge is 2.62. The minimum Gasteiger partial charge on any atom is -0.309 e. The Morgan fingerprint density at radius 2 is 2.07 bits per heavy atom. The third kappa shape index (κ3) is 2.36. The summed E-state index contributed by atoms with van der Waals surface area (Å²) in [4.78, 5) is 2.56. The monoisotopic (exact) mass is 210 g/mol. The van der Waals surface area contributed by atoms with E-state index in [1.54, 1.807) is 0 Å². The quantitative estimate of drug-likeness (QED) is 0.768. The van der Waals surface area contributed by atoms with Crippen LogP contribution in [-0.4, -0.2) is 36.6 Å².